The molecule has 36 heavy (non-hydrogen) atoms. The van der Waals surface area contributed by atoms with Crippen LogP contribution < -0.4 is 4.90 Å². The second-order valence-electron chi connectivity index (χ2n) is 10.5. The summed E-state index contributed by atoms with van der Waals surface area (Å²) in [7, 11) is 0. The van der Waals surface area contributed by atoms with E-state index in [1.54, 1.807) is 0 Å². The molecular weight excluding hydrogens is 446 g/mol. The highest BCUT2D eigenvalue weighted by molar-refractivity contribution is 6.34. The number of anilines is 1. The smallest absolute Gasteiger partial charge is 0.239 e. The predicted molar refractivity (Wildman–Crippen MR) is 141 cm³/mol. The Hall–Kier alpha value is -3.79. The molecule has 0 unspecified atom stereocenters. The lowest BCUT2D eigenvalue weighted by Crippen LogP contribution is -2.41. The zero-order chi connectivity index (χ0) is 25.2. The van der Waals surface area contributed by atoms with Gasteiger partial charge in [-0.3, -0.25) is 14.4 Å². The minimum absolute atomic E-state index is 0.0238. The fourth-order valence-corrected chi connectivity index (χ4v) is 7.41. The summed E-state index contributed by atoms with van der Waals surface area (Å²) in [5, 5.41) is 0. The van der Waals surface area contributed by atoms with Crippen molar-refractivity contribution in [1.82, 2.24) is 0 Å². The van der Waals surface area contributed by atoms with Gasteiger partial charge in [0.25, 0.3) is 0 Å². The van der Waals surface area contributed by atoms with Gasteiger partial charge in [-0.2, -0.15) is 0 Å². The van der Waals surface area contributed by atoms with Crippen LogP contribution in [0.25, 0.3) is 11.1 Å². The molecule has 180 valence electrons. The Balaban J connectivity index is 1.67. The topological polar surface area (TPSA) is 54.5 Å². The normalized spacial score (nSPS) is 28.9. The van der Waals surface area contributed by atoms with Gasteiger partial charge >= 0.3 is 0 Å². The van der Waals surface area contributed by atoms with E-state index in [4.69, 9.17) is 0 Å². The van der Waals surface area contributed by atoms with Crippen molar-refractivity contribution in [3.63, 3.8) is 0 Å². The molecular formula is C32H29NO3. The molecule has 2 fully saturated rings. The molecule has 0 aromatic heterocycles. The third kappa shape index (κ3) is 2.62. The van der Waals surface area contributed by atoms with Crippen molar-refractivity contribution in [2.45, 2.75) is 33.6 Å². The van der Waals surface area contributed by atoms with Gasteiger partial charge in [-0.25, -0.2) is 4.90 Å². The van der Waals surface area contributed by atoms with E-state index < -0.39 is 22.7 Å². The summed E-state index contributed by atoms with van der Waals surface area (Å²) in [5.74, 6) is -1.90. The summed E-state index contributed by atoms with van der Waals surface area (Å²) in [4.78, 5) is 44.4. The molecule has 1 saturated carbocycles. The quantitative estimate of drug-likeness (QED) is 0.419. The summed E-state index contributed by atoms with van der Waals surface area (Å²) >= 11 is 0. The lowest BCUT2D eigenvalue weighted by molar-refractivity contribution is -0.134. The van der Waals surface area contributed by atoms with E-state index in [0.717, 1.165) is 34.3 Å². The van der Waals surface area contributed by atoms with Crippen LogP contribution in [0.4, 0.5) is 5.69 Å². The lowest BCUT2D eigenvalue weighted by atomic mass is 9.61. The largest absolute Gasteiger partial charge is 0.298 e. The fourth-order valence-electron chi connectivity index (χ4n) is 7.41. The Kier molecular flexibility index (Phi) is 4.95. The molecule has 2 aliphatic carbocycles. The number of imide groups is 1. The van der Waals surface area contributed by atoms with Crippen LogP contribution in [-0.4, -0.2) is 17.6 Å². The molecule has 3 aromatic carbocycles. The summed E-state index contributed by atoms with van der Waals surface area (Å²) in [6.07, 6.45) is 1.26. The van der Waals surface area contributed by atoms with Crippen molar-refractivity contribution in [3.05, 3.63) is 102 Å². The number of amides is 2. The maximum Gasteiger partial charge on any atom is 0.239 e. The molecule has 4 heteroatoms. The van der Waals surface area contributed by atoms with Gasteiger partial charge in [-0.05, 0) is 54.2 Å². The molecule has 4 nitrogen and oxygen atoms in total. The van der Waals surface area contributed by atoms with E-state index in [1.807, 2.05) is 98.8 Å². The SMILES string of the molecule is CCC[C@@]12C(=O)[C@@](C)(C(c3ccccc3)=C1c1ccccc1)[C@@H]1C(=O)N(c3ccccc3C)C(=O)[C@@H]12. The van der Waals surface area contributed by atoms with Gasteiger partial charge in [0.2, 0.25) is 11.8 Å². The van der Waals surface area contributed by atoms with Gasteiger partial charge in [-0.15, -0.1) is 0 Å². The number of para-hydroxylation sites is 1. The van der Waals surface area contributed by atoms with E-state index in [2.05, 4.69) is 6.92 Å². The van der Waals surface area contributed by atoms with Crippen molar-refractivity contribution < 1.29 is 14.4 Å². The molecule has 0 radical (unpaired) electrons. The van der Waals surface area contributed by atoms with Gasteiger partial charge in [0, 0.05) is 0 Å². The van der Waals surface area contributed by atoms with Crippen molar-refractivity contribution >= 4 is 34.4 Å². The lowest BCUT2D eigenvalue weighted by Gasteiger charge is -2.37. The molecule has 2 bridgehead atoms. The second kappa shape index (κ2) is 7.86. The summed E-state index contributed by atoms with van der Waals surface area (Å²) in [6, 6.07) is 27.4. The minimum Gasteiger partial charge on any atom is -0.298 e. The van der Waals surface area contributed by atoms with E-state index in [0.29, 0.717) is 12.1 Å². The average Bonchev–Trinajstić information content (AvgIpc) is 3.35. The highest BCUT2D eigenvalue weighted by Gasteiger charge is 2.80. The first-order valence-electron chi connectivity index (χ1n) is 12.7. The maximum absolute atomic E-state index is 14.6. The van der Waals surface area contributed by atoms with Crippen LogP contribution >= 0.6 is 0 Å². The number of benzene rings is 3. The summed E-state index contributed by atoms with van der Waals surface area (Å²) in [6.45, 7) is 5.88. The molecule has 4 atom stereocenters. The molecule has 1 heterocycles. The number of aryl methyl sites for hydroxylation is 1. The number of ketones is 1. The van der Waals surface area contributed by atoms with Crippen molar-refractivity contribution in [2.75, 3.05) is 4.90 Å². The highest BCUT2D eigenvalue weighted by Crippen LogP contribution is 2.75. The third-order valence-corrected chi connectivity index (χ3v) is 8.68. The van der Waals surface area contributed by atoms with E-state index in [-0.39, 0.29) is 17.6 Å². The molecule has 1 saturated heterocycles. The molecule has 0 N–H and O–H groups in total. The van der Waals surface area contributed by atoms with Crippen LogP contribution in [-0.2, 0) is 14.4 Å². The number of fused-ring (bicyclic) bond motifs is 5. The first-order valence-corrected chi connectivity index (χ1v) is 12.7. The molecule has 0 spiro atoms. The van der Waals surface area contributed by atoms with E-state index in [9.17, 15) is 14.4 Å². The van der Waals surface area contributed by atoms with Gasteiger partial charge in [0.15, 0.2) is 5.78 Å². The first-order chi connectivity index (χ1) is 17.4. The van der Waals surface area contributed by atoms with Crippen LogP contribution in [0.5, 0.6) is 0 Å². The molecule has 3 aliphatic rings. The van der Waals surface area contributed by atoms with Crippen molar-refractivity contribution in [1.29, 1.82) is 0 Å². The number of Topliss-reactive ketones (excluding diaryl/α,β-unsaturated/α-hetero) is 1. The molecule has 3 aromatic rings. The number of nitrogens with zero attached hydrogens (tertiary/aromatic N) is 1. The molecule has 6 rings (SSSR count). The van der Waals surface area contributed by atoms with Gasteiger partial charge in [0.05, 0.1) is 28.4 Å². The number of hydrogen-bond acceptors (Lipinski definition) is 3. The monoisotopic (exact) mass is 475 g/mol. The van der Waals surface area contributed by atoms with Crippen molar-refractivity contribution in [2.24, 2.45) is 22.7 Å². The summed E-state index contributed by atoms with van der Waals surface area (Å²) < 4.78 is 0. The van der Waals surface area contributed by atoms with Crippen molar-refractivity contribution in [3.8, 4) is 0 Å². The van der Waals surface area contributed by atoms with Crippen LogP contribution in [0.3, 0.4) is 0 Å². The highest BCUT2D eigenvalue weighted by atomic mass is 16.2. The van der Waals surface area contributed by atoms with Crippen LogP contribution in [0.1, 0.15) is 43.4 Å². The predicted octanol–water partition coefficient (Wildman–Crippen LogP) is 6.10. The van der Waals surface area contributed by atoms with E-state index >= 15 is 0 Å². The maximum atomic E-state index is 14.6. The third-order valence-electron chi connectivity index (χ3n) is 8.68. The Morgan fingerprint density at radius 2 is 1.25 bits per heavy atom. The zero-order valence-electron chi connectivity index (χ0n) is 20.8. The Morgan fingerprint density at radius 3 is 1.83 bits per heavy atom. The van der Waals surface area contributed by atoms with E-state index in [1.165, 1.54) is 4.90 Å². The molecule has 1 aliphatic heterocycles. The number of carbonyl (C=O) groups excluding carboxylic acids is 3. The van der Waals surface area contributed by atoms with Crippen LogP contribution in [0, 0.1) is 29.6 Å². The second-order valence-corrected chi connectivity index (χ2v) is 10.5. The number of carbonyl (C=O) groups is 3. The number of rotatable bonds is 5. The average molecular weight is 476 g/mol. The fraction of sp³-hybridized carbons (Fsp3) is 0.281. The number of allylic oxidation sites excluding steroid dienone is 2. The van der Waals surface area contributed by atoms with Gasteiger partial charge in [-0.1, -0.05) is 92.2 Å². The zero-order valence-corrected chi connectivity index (χ0v) is 20.8. The van der Waals surface area contributed by atoms with Gasteiger partial charge in [0.1, 0.15) is 0 Å². The van der Waals surface area contributed by atoms with Crippen LogP contribution in [0.2, 0.25) is 0 Å². The standard InChI is InChI=1S/C32H29NO3/c1-4-19-32-25(22-16-9-6-10-17-22)24(21-14-7-5-8-15-21)31(3,30(32)36)26-27(32)29(35)33(28(26)34)23-18-12-11-13-20(23)2/h5-18,26-27H,4,19H2,1-3H3/t26-,27+,31-,32+/m0/s1. The molecule has 2 amide bonds. The van der Waals surface area contributed by atoms with Crippen LogP contribution in [0.15, 0.2) is 84.9 Å². The minimum atomic E-state index is -1.09. The Morgan fingerprint density at radius 1 is 0.722 bits per heavy atom. The first kappa shape index (κ1) is 22.7. The Labute approximate surface area is 211 Å². The van der Waals surface area contributed by atoms with Gasteiger partial charge < -0.3 is 0 Å². The number of hydrogen-bond donors (Lipinski definition) is 0. The Bertz CT molecular complexity index is 1440. The summed E-state index contributed by atoms with van der Waals surface area (Å²) in [5.41, 5.74) is 3.09.